The molecule has 4 atom stereocenters. The summed E-state index contributed by atoms with van der Waals surface area (Å²) < 4.78 is 108. The number of nitrogens with two attached hydrogens (primary N) is 3. The van der Waals surface area contributed by atoms with Crippen molar-refractivity contribution in [3.63, 3.8) is 0 Å². The number of carbonyl (C=O) groups excluding carboxylic acids is 3. The minimum absolute atomic E-state index is 0.0165. The number of primary amides is 2. The molecule has 23 heteroatoms. The van der Waals surface area contributed by atoms with Crippen molar-refractivity contribution in [3.05, 3.63) is 128 Å². The number of pyridine rings is 2. The van der Waals surface area contributed by atoms with Crippen LogP contribution in [0.25, 0.3) is 0 Å². The van der Waals surface area contributed by atoms with Crippen LogP contribution in [0.4, 0.5) is 35.1 Å². The summed E-state index contributed by atoms with van der Waals surface area (Å²) in [6, 6.07) is 11.7. The number of amides is 3. The third kappa shape index (κ3) is 15.5. The standard InChI is InChI=1S/C24H27ClF4N4O2.C12H18ClN3O.C12H11F4NO2/c1-33(2)18(8-14-3-4-15(22(30)35)9-20(14)25)13-32-21(34)10-19(16-7-17(26)12-31-11-16)23(5-6-23)24(27,28)29;1-16(2)10(7-14)5-8-3-4-9(12(15)17)6-11(8)13;13-8-3-7(5-17-6-8)9(4-10(18)19)11(1-2-11)12(14,15)16/h3-4,7,9,11-12,18-19H,5-6,8,10,13H2,1-2H3,(H2,30,35)(H,32,34);3-4,6,10H,5,7,14H2,1-2H3,(H2,15,17);3,5-6,9H,1-2,4H2,(H,18,19)/t18-,19?;10-;/m00./s1. The largest absolute Gasteiger partial charge is 0.481 e. The lowest BCUT2D eigenvalue weighted by molar-refractivity contribution is -0.196. The molecule has 0 spiro atoms. The normalized spacial score (nSPS) is 16.3. The zero-order valence-corrected chi connectivity index (χ0v) is 40.7. The van der Waals surface area contributed by atoms with Crippen LogP contribution in [-0.2, 0) is 22.4 Å². The average Bonchev–Trinajstić information content (AvgIpc) is 4.22. The van der Waals surface area contributed by atoms with Crippen LogP contribution in [0.3, 0.4) is 0 Å². The second-order valence-electron chi connectivity index (χ2n) is 18.1. The van der Waals surface area contributed by atoms with Crippen molar-refractivity contribution in [1.82, 2.24) is 25.1 Å². The molecule has 2 unspecified atom stereocenters. The lowest BCUT2D eigenvalue weighted by Crippen LogP contribution is -2.42. The summed E-state index contributed by atoms with van der Waals surface area (Å²) in [6.45, 7) is 0.702. The number of carboxylic acid groups (broad SMARTS) is 1. The highest BCUT2D eigenvalue weighted by Gasteiger charge is 2.68. The maximum absolute atomic E-state index is 13.9. The monoisotopic (exact) mass is 1050 g/mol. The quantitative estimate of drug-likeness (QED) is 0.0570. The van der Waals surface area contributed by atoms with Crippen LogP contribution < -0.4 is 22.5 Å². The Morgan fingerprint density at radius 3 is 1.38 bits per heavy atom. The van der Waals surface area contributed by atoms with E-state index in [0.29, 0.717) is 28.6 Å². The molecule has 2 aromatic carbocycles. The van der Waals surface area contributed by atoms with Crippen molar-refractivity contribution >= 4 is 46.9 Å². The molecule has 4 aromatic rings. The summed E-state index contributed by atoms with van der Waals surface area (Å²) in [6.07, 6.45) is -5.43. The number of benzene rings is 2. The van der Waals surface area contributed by atoms with Gasteiger partial charge in [-0.1, -0.05) is 35.3 Å². The highest BCUT2D eigenvalue weighted by molar-refractivity contribution is 6.32. The van der Waals surface area contributed by atoms with Crippen LogP contribution in [0.2, 0.25) is 10.0 Å². The van der Waals surface area contributed by atoms with Crippen LogP contribution in [0.5, 0.6) is 0 Å². The topological polar surface area (TPSA) is 211 Å². The first-order valence-corrected chi connectivity index (χ1v) is 22.8. The molecule has 3 amide bonds. The van der Waals surface area contributed by atoms with Gasteiger partial charge in [0.1, 0.15) is 11.6 Å². The number of carboxylic acids is 1. The van der Waals surface area contributed by atoms with E-state index in [1.54, 1.807) is 38.4 Å². The van der Waals surface area contributed by atoms with Crippen LogP contribution >= 0.6 is 23.2 Å². The second-order valence-corrected chi connectivity index (χ2v) is 18.9. The molecule has 2 heterocycles. The predicted molar refractivity (Wildman–Crippen MR) is 251 cm³/mol. The molecule has 8 N–H and O–H groups in total. The van der Waals surface area contributed by atoms with Crippen molar-refractivity contribution in [1.29, 1.82) is 0 Å². The number of hydrogen-bond acceptors (Lipinski definition) is 9. The van der Waals surface area contributed by atoms with Crippen molar-refractivity contribution in [2.45, 2.75) is 87.6 Å². The van der Waals surface area contributed by atoms with Gasteiger partial charge < -0.3 is 37.4 Å². The fourth-order valence-electron chi connectivity index (χ4n) is 8.25. The van der Waals surface area contributed by atoms with Gasteiger partial charge in [0.05, 0.1) is 29.6 Å². The van der Waals surface area contributed by atoms with Gasteiger partial charge >= 0.3 is 18.3 Å². The Balaban J connectivity index is 0.000000256. The van der Waals surface area contributed by atoms with E-state index < -0.39 is 83.2 Å². The Hall–Kier alpha value is -5.48. The number of aliphatic carboxylic acids is 1. The highest BCUT2D eigenvalue weighted by Crippen LogP contribution is 2.67. The lowest BCUT2D eigenvalue weighted by Gasteiger charge is -2.30. The van der Waals surface area contributed by atoms with Gasteiger partial charge in [0.15, 0.2) is 0 Å². The van der Waals surface area contributed by atoms with Crippen molar-refractivity contribution in [2.75, 3.05) is 41.3 Å². The molecule has 6 rings (SSSR count). The number of carbonyl (C=O) groups is 4. The van der Waals surface area contributed by atoms with Crippen molar-refractivity contribution < 1.29 is 59.4 Å². The van der Waals surface area contributed by atoms with E-state index in [1.807, 2.05) is 25.1 Å². The summed E-state index contributed by atoms with van der Waals surface area (Å²) >= 11 is 12.4. The highest BCUT2D eigenvalue weighted by atomic mass is 35.5. The van der Waals surface area contributed by atoms with Crippen LogP contribution in [0, 0.1) is 22.5 Å². The fourth-order valence-corrected chi connectivity index (χ4v) is 8.76. The number of alkyl halides is 6. The molecule has 2 aromatic heterocycles. The smallest absolute Gasteiger partial charge is 0.395 e. The fraction of sp³-hybridized carbons (Fsp3) is 0.458. The van der Waals surface area contributed by atoms with E-state index in [2.05, 4.69) is 20.2 Å². The molecule has 0 bridgehead atoms. The summed E-state index contributed by atoms with van der Waals surface area (Å²) in [5, 5.41) is 12.4. The van der Waals surface area contributed by atoms with Gasteiger partial charge in [0, 0.05) is 77.0 Å². The lowest BCUT2D eigenvalue weighted by atomic mass is 9.80. The number of likely N-dealkylation sites (N-methyl/N-ethyl adjacent to an activating group) is 2. The van der Waals surface area contributed by atoms with Gasteiger partial charge in [0.2, 0.25) is 17.7 Å². The zero-order valence-electron chi connectivity index (χ0n) is 39.2. The molecule has 388 valence electrons. The van der Waals surface area contributed by atoms with Gasteiger partial charge in [-0.2, -0.15) is 26.3 Å². The SMILES string of the molecule is CN(C)[C@H](CN)Cc1ccc(C(N)=O)cc1Cl.CN(C)[C@H](CNC(=O)CC(c1cncc(F)c1)C1(C(F)(F)F)CC1)Cc1ccc(C(N)=O)cc1Cl.O=C(O)CC(c1cncc(F)c1)C1(C(F)(F)F)CC1. The zero-order chi connectivity index (χ0) is 53.2. The number of hydrogen-bond donors (Lipinski definition) is 5. The van der Waals surface area contributed by atoms with E-state index in [1.165, 1.54) is 12.3 Å². The molecule has 2 saturated carbocycles. The van der Waals surface area contributed by atoms with Crippen molar-refractivity contribution in [3.8, 4) is 0 Å². The van der Waals surface area contributed by atoms with Gasteiger partial charge in [-0.05, 0) is 125 Å². The van der Waals surface area contributed by atoms with E-state index in [-0.39, 0.29) is 61.0 Å². The summed E-state index contributed by atoms with van der Waals surface area (Å²) in [4.78, 5) is 57.0. The first-order valence-electron chi connectivity index (χ1n) is 22.1. The van der Waals surface area contributed by atoms with Gasteiger partial charge in [-0.15, -0.1) is 0 Å². The van der Waals surface area contributed by atoms with Gasteiger partial charge in [-0.25, -0.2) is 8.78 Å². The Kier molecular flexibility index (Phi) is 19.9. The van der Waals surface area contributed by atoms with E-state index in [9.17, 15) is 54.3 Å². The summed E-state index contributed by atoms with van der Waals surface area (Å²) in [5.74, 6) is -7.05. The molecular weight excluding hydrogens is 991 g/mol. The molecular formula is C48H56Cl2F8N8O5. The van der Waals surface area contributed by atoms with Gasteiger partial charge in [-0.3, -0.25) is 29.1 Å². The summed E-state index contributed by atoms with van der Waals surface area (Å²) in [7, 11) is 7.55. The van der Waals surface area contributed by atoms with E-state index in [4.69, 9.17) is 45.5 Å². The molecule has 0 saturated heterocycles. The number of rotatable bonds is 19. The number of halogens is 10. The third-order valence-electron chi connectivity index (χ3n) is 12.9. The number of aromatic nitrogens is 2. The first kappa shape index (κ1) is 58.1. The minimum Gasteiger partial charge on any atom is -0.481 e. The number of nitrogens with zero attached hydrogens (tertiary/aromatic N) is 4. The predicted octanol–water partition coefficient (Wildman–Crippen LogP) is 8.07. The number of nitrogens with one attached hydrogen (secondary N) is 1. The second kappa shape index (κ2) is 24.3. The van der Waals surface area contributed by atoms with Crippen LogP contribution in [0.1, 0.15) is 93.3 Å². The molecule has 71 heavy (non-hydrogen) atoms. The van der Waals surface area contributed by atoms with Crippen molar-refractivity contribution in [2.24, 2.45) is 28.0 Å². The molecule has 0 aliphatic heterocycles. The van der Waals surface area contributed by atoms with E-state index >= 15 is 0 Å². The Morgan fingerprint density at radius 1 is 0.676 bits per heavy atom. The Morgan fingerprint density at radius 2 is 1.07 bits per heavy atom. The van der Waals surface area contributed by atoms with Crippen LogP contribution in [-0.4, -0.2) is 114 Å². The average molecular weight is 1050 g/mol. The van der Waals surface area contributed by atoms with Crippen LogP contribution in [0.15, 0.2) is 73.3 Å². The summed E-state index contributed by atoms with van der Waals surface area (Å²) in [5.41, 5.74) is 14.5. The maximum atomic E-state index is 13.9. The third-order valence-corrected chi connectivity index (χ3v) is 13.6. The molecule has 2 aliphatic rings. The molecule has 2 fully saturated rings. The molecule has 0 radical (unpaired) electrons. The Labute approximate surface area is 415 Å². The van der Waals surface area contributed by atoms with E-state index in [0.717, 1.165) is 48.3 Å². The maximum Gasteiger partial charge on any atom is 0.395 e. The van der Waals surface area contributed by atoms with Gasteiger partial charge in [0.25, 0.3) is 0 Å². The first-order chi connectivity index (χ1) is 33.0. The Bertz CT molecular complexity index is 2510. The molecule has 13 nitrogen and oxygen atoms in total. The minimum atomic E-state index is -4.52. The molecule has 2 aliphatic carbocycles.